The minimum Gasteiger partial charge on any atom is -0.506 e. The number of rotatable bonds is 5. The molecule has 2 N–H and O–H groups in total. The largest absolute Gasteiger partial charge is 0.506 e. The molecule has 0 aliphatic carbocycles. The summed E-state index contributed by atoms with van der Waals surface area (Å²) < 4.78 is 10.0. The lowest BCUT2D eigenvalue weighted by molar-refractivity contribution is -0.118. The third-order valence-electron chi connectivity index (χ3n) is 3.26. The van der Waals surface area contributed by atoms with Crippen LogP contribution in [0.3, 0.4) is 0 Å². The number of benzene rings is 2. The molecule has 0 atom stereocenters. The Kier molecular flexibility index (Phi) is 5.42. The van der Waals surface area contributed by atoms with Gasteiger partial charge < -0.3 is 19.9 Å². The van der Waals surface area contributed by atoms with E-state index < -0.39 is 11.9 Å². The zero-order chi connectivity index (χ0) is 17.7. The summed E-state index contributed by atoms with van der Waals surface area (Å²) in [5.74, 6) is -0.609. The molecule has 0 aliphatic heterocycles. The second kappa shape index (κ2) is 7.50. The third-order valence-corrected chi connectivity index (χ3v) is 3.26. The average Bonchev–Trinajstić information content (AvgIpc) is 2.53. The van der Waals surface area contributed by atoms with Crippen molar-refractivity contribution in [3.8, 4) is 11.5 Å². The molecule has 0 unspecified atom stereocenters. The summed E-state index contributed by atoms with van der Waals surface area (Å²) in [6, 6.07) is 9.79. The summed E-state index contributed by atoms with van der Waals surface area (Å²) in [7, 11) is 1.25. The van der Waals surface area contributed by atoms with Crippen LogP contribution in [-0.2, 0) is 9.53 Å². The molecular formula is C18H19NO5. The summed E-state index contributed by atoms with van der Waals surface area (Å²) in [4.78, 5) is 23.3. The number of aryl methyl sites for hydroxylation is 2. The Hall–Kier alpha value is -3.02. The normalized spacial score (nSPS) is 10.1. The first kappa shape index (κ1) is 17.3. The fourth-order valence-electron chi connectivity index (χ4n) is 2.23. The van der Waals surface area contributed by atoms with Crippen LogP contribution in [0.5, 0.6) is 11.5 Å². The van der Waals surface area contributed by atoms with Gasteiger partial charge in [-0.1, -0.05) is 6.07 Å². The molecule has 2 aromatic rings. The zero-order valence-corrected chi connectivity index (χ0v) is 13.8. The Balaban J connectivity index is 1.98. The lowest BCUT2D eigenvalue weighted by atomic mass is 10.1. The van der Waals surface area contributed by atoms with Gasteiger partial charge in [-0.2, -0.15) is 0 Å². The van der Waals surface area contributed by atoms with Gasteiger partial charge in [0.2, 0.25) is 0 Å². The minimum absolute atomic E-state index is 0.191. The van der Waals surface area contributed by atoms with E-state index in [2.05, 4.69) is 10.1 Å². The van der Waals surface area contributed by atoms with Gasteiger partial charge in [0.15, 0.2) is 6.61 Å². The molecule has 0 saturated carbocycles. The van der Waals surface area contributed by atoms with Crippen LogP contribution in [-0.4, -0.2) is 30.7 Å². The predicted octanol–water partition coefficient (Wildman–Crippen LogP) is 2.81. The fraction of sp³-hybridized carbons (Fsp3) is 0.222. The number of hydrogen-bond acceptors (Lipinski definition) is 5. The van der Waals surface area contributed by atoms with E-state index in [9.17, 15) is 14.7 Å². The molecule has 0 bridgehead atoms. The van der Waals surface area contributed by atoms with Crippen molar-refractivity contribution in [2.24, 2.45) is 0 Å². The van der Waals surface area contributed by atoms with Crippen LogP contribution < -0.4 is 10.1 Å². The molecule has 6 nitrogen and oxygen atoms in total. The van der Waals surface area contributed by atoms with E-state index in [0.29, 0.717) is 5.75 Å². The van der Waals surface area contributed by atoms with E-state index in [1.807, 2.05) is 32.0 Å². The van der Waals surface area contributed by atoms with E-state index in [1.165, 1.54) is 25.3 Å². The van der Waals surface area contributed by atoms with Crippen LogP contribution in [0, 0.1) is 13.8 Å². The molecule has 0 heterocycles. The number of ether oxygens (including phenoxy) is 2. The molecule has 2 rings (SSSR count). The first-order valence-corrected chi connectivity index (χ1v) is 7.31. The SMILES string of the molecule is COC(=O)c1ccc(NC(=O)COc2cc(C)cc(C)c2)c(O)c1. The number of amides is 1. The van der Waals surface area contributed by atoms with Crippen LogP contribution >= 0.6 is 0 Å². The number of anilines is 1. The van der Waals surface area contributed by atoms with Gasteiger partial charge in [-0.15, -0.1) is 0 Å². The van der Waals surface area contributed by atoms with Gasteiger partial charge in [0, 0.05) is 0 Å². The molecule has 0 radical (unpaired) electrons. The Morgan fingerprint density at radius 2 is 1.75 bits per heavy atom. The summed E-state index contributed by atoms with van der Waals surface area (Å²) in [5, 5.41) is 12.4. The number of phenols is 1. The maximum absolute atomic E-state index is 11.9. The van der Waals surface area contributed by atoms with Crippen LogP contribution in [0.4, 0.5) is 5.69 Å². The molecule has 0 saturated heterocycles. The first-order valence-electron chi connectivity index (χ1n) is 7.31. The molecule has 1 amide bonds. The van der Waals surface area contributed by atoms with Gasteiger partial charge in [-0.3, -0.25) is 4.79 Å². The van der Waals surface area contributed by atoms with Crippen molar-refractivity contribution in [2.75, 3.05) is 19.0 Å². The Morgan fingerprint density at radius 1 is 1.08 bits per heavy atom. The number of carbonyl (C=O) groups is 2. The van der Waals surface area contributed by atoms with E-state index in [1.54, 1.807) is 0 Å². The van der Waals surface area contributed by atoms with Gasteiger partial charge in [-0.05, 0) is 55.3 Å². The van der Waals surface area contributed by atoms with Gasteiger partial charge >= 0.3 is 5.97 Å². The van der Waals surface area contributed by atoms with E-state index in [-0.39, 0.29) is 23.6 Å². The van der Waals surface area contributed by atoms with Crippen molar-refractivity contribution < 1.29 is 24.2 Å². The predicted molar refractivity (Wildman–Crippen MR) is 89.5 cm³/mol. The highest BCUT2D eigenvalue weighted by Gasteiger charge is 2.12. The summed E-state index contributed by atoms with van der Waals surface area (Å²) in [6.45, 7) is 3.70. The number of esters is 1. The lowest BCUT2D eigenvalue weighted by Crippen LogP contribution is -2.20. The van der Waals surface area contributed by atoms with Gasteiger partial charge in [0.1, 0.15) is 11.5 Å². The number of phenolic OH excluding ortho intramolecular Hbond substituents is 1. The highest BCUT2D eigenvalue weighted by Crippen LogP contribution is 2.24. The molecular weight excluding hydrogens is 310 g/mol. The van der Waals surface area contributed by atoms with Crippen LogP contribution in [0.25, 0.3) is 0 Å². The van der Waals surface area contributed by atoms with Crippen LogP contribution in [0.15, 0.2) is 36.4 Å². The Morgan fingerprint density at radius 3 is 2.33 bits per heavy atom. The quantitative estimate of drug-likeness (QED) is 0.651. The highest BCUT2D eigenvalue weighted by atomic mass is 16.5. The van der Waals surface area contributed by atoms with E-state index in [4.69, 9.17) is 4.74 Å². The highest BCUT2D eigenvalue weighted by molar-refractivity contribution is 5.95. The van der Waals surface area contributed by atoms with Crippen molar-refractivity contribution in [1.29, 1.82) is 0 Å². The molecule has 0 fully saturated rings. The number of carbonyl (C=O) groups excluding carboxylic acids is 2. The maximum atomic E-state index is 11.9. The molecule has 24 heavy (non-hydrogen) atoms. The number of aromatic hydroxyl groups is 1. The van der Waals surface area contributed by atoms with Crippen molar-refractivity contribution in [1.82, 2.24) is 0 Å². The average molecular weight is 329 g/mol. The molecule has 6 heteroatoms. The number of nitrogens with one attached hydrogen (secondary N) is 1. The number of methoxy groups -OCH3 is 1. The standard InChI is InChI=1S/C18H19NO5/c1-11-6-12(2)8-14(7-11)24-10-17(21)19-15-5-4-13(9-16(15)20)18(22)23-3/h4-9,20H,10H2,1-3H3,(H,19,21). The molecule has 0 aliphatic rings. The van der Waals surface area contributed by atoms with Crippen molar-refractivity contribution in [2.45, 2.75) is 13.8 Å². The van der Waals surface area contributed by atoms with Gasteiger partial charge in [0.25, 0.3) is 5.91 Å². The van der Waals surface area contributed by atoms with Crippen molar-refractivity contribution in [3.63, 3.8) is 0 Å². The molecule has 2 aromatic carbocycles. The molecule has 0 aromatic heterocycles. The van der Waals surface area contributed by atoms with Crippen molar-refractivity contribution >= 4 is 17.6 Å². The van der Waals surface area contributed by atoms with Crippen molar-refractivity contribution in [3.05, 3.63) is 53.1 Å². The Labute approximate surface area is 140 Å². The van der Waals surface area contributed by atoms with Gasteiger partial charge in [0.05, 0.1) is 18.4 Å². The molecule has 0 spiro atoms. The van der Waals surface area contributed by atoms with Crippen LogP contribution in [0.2, 0.25) is 0 Å². The second-order valence-electron chi connectivity index (χ2n) is 5.38. The first-order chi connectivity index (χ1) is 11.4. The maximum Gasteiger partial charge on any atom is 0.337 e. The smallest absolute Gasteiger partial charge is 0.337 e. The minimum atomic E-state index is -0.568. The summed E-state index contributed by atoms with van der Waals surface area (Å²) >= 11 is 0. The lowest BCUT2D eigenvalue weighted by Gasteiger charge is -2.10. The van der Waals surface area contributed by atoms with Crippen LogP contribution in [0.1, 0.15) is 21.5 Å². The summed E-state index contributed by atoms with van der Waals surface area (Å²) in [6.07, 6.45) is 0. The number of hydrogen-bond donors (Lipinski definition) is 2. The third kappa shape index (κ3) is 4.49. The summed E-state index contributed by atoms with van der Waals surface area (Å²) in [5.41, 5.74) is 2.47. The van der Waals surface area contributed by atoms with Gasteiger partial charge in [-0.25, -0.2) is 4.79 Å². The Bertz CT molecular complexity index is 750. The second-order valence-corrected chi connectivity index (χ2v) is 5.38. The van der Waals surface area contributed by atoms with E-state index in [0.717, 1.165) is 11.1 Å². The molecule has 126 valence electrons. The van der Waals surface area contributed by atoms with E-state index >= 15 is 0 Å². The monoisotopic (exact) mass is 329 g/mol. The fourth-order valence-corrected chi connectivity index (χ4v) is 2.23. The topological polar surface area (TPSA) is 84.9 Å². The zero-order valence-electron chi connectivity index (χ0n) is 13.8.